The van der Waals surface area contributed by atoms with Crippen LogP contribution in [-0.4, -0.2) is 42.3 Å². The number of benzene rings is 1. The lowest BCUT2D eigenvalue weighted by Gasteiger charge is -2.25. The second-order valence-electron chi connectivity index (χ2n) is 6.51. The molecule has 0 aliphatic carbocycles. The highest BCUT2D eigenvalue weighted by molar-refractivity contribution is 8.16. The lowest BCUT2D eigenvalue weighted by Crippen LogP contribution is -2.38. The van der Waals surface area contributed by atoms with Crippen molar-refractivity contribution in [3.63, 3.8) is 0 Å². The van der Waals surface area contributed by atoms with Gasteiger partial charge in [0.15, 0.2) is 15.0 Å². The Labute approximate surface area is 155 Å². The van der Waals surface area contributed by atoms with E-state index in [9.17, 15) is 22.0 Å². The average molecular weight is 402 g/mol. The Balaban J connectivity index is 2.02. The molecule has 2 fully saturated rings. The highest BCUT2D eigenvalue weighted by Gasteiger charge is 2.50. The second kappa shape index (κ2) is 7.26. The minimum atomic E-state index is -3.24. The molecule has 0 spiro atoms. The number of amides is 1. The number of sulfone groups is 1. The first-order valence-electron chi connectivity index (χ1n) is 8.49. The van der Waals surface area contributed by atoms with Crippen molar-refractivity contribution < 1.29 is 22.0 Å². The molecule has 3 rings (SSSR count). The predicted octanol–water partition coefficient (Wildman–Crippen LogP) is 3.00. The number of carbonyl (C=O) groups is 1. The number of aliphatic imine (C=N–C) groups is 1. The maximum atomic E-state index is 14.4. The highest BCUT2D eigenvalue weighted by atomic mass is 32.2. The van der Waals surface area contributed by atoms with Crippen LogP contribution in [0.4, 0.5) is 14.5 Å². The van der Waals surface area contributed by atoms with Gasteiger partial charge in [0.2, 0.25) is 0 Å². The molecule has 2 saturated heterocycles. The maximum Gasteiger partial charge on any atom is 0.251 e. The normalized spacial score (nSPS) is 25.9. The van der Waals surface area contributed by atoms with Gasteiger partial charge in [-0.1, -0.05) is 25.6 Å². The molecule has 142 valence electrons. The van der Waals surface area contributed by atoms with Crippen LogP contribution in [-0.2, 0) is 14.6 Å². The van der Waals surface area contributed by atoms with Crippen LogP contribution in [0, 0.1) is 17.6 Å². The van der Waals surface area contributed by atoms with E-state index in [0.29, 0.717) is 12.8 Å². The molecule has 9 heteroatoms. The third kappa shape index (κ3) is 3.64. The van der Waals surface area contributed by atoms with Gasteiger partial charge >= 0.3 is 0 Å². The lowest BCUT2D eigenvalue weighted by atomic mass is 10.0. The van der Waals surface area contributed by atoms with Crippen molar-refractivity contribution in [3.8, 4) is 0 Å². The second-order valence-corrected chi connectivity index (χ2v) is 9.87. The van der Waals surface area contributed by atoms with Gasteiger partial charge in [-0.3, -0.25) is 4.79 Å². The molecule has 0 aromatic heterocycles. The fourth-order valence-electron chi connectivity index (χ4n) is 3.35. The van der Waals surface area contributed by atoms with Crippen LogP contribution >= 0.6 is 11.8 Å². The molecule has 26 heavy (non-hydrogen) atoms. The summed E-state index contributed by atoms with van der Waals surface area (Å²) in [6, 6.07) is 2.60. The van der Waals surface area contributed by atoms with Crippen molar-refractivity contribution in [3.05, 3.63) is 29.8 Å². The summed E-state index contributed by atoms with van der Waals surface area (Å²) in [6.07, 6.45) is 1.28. The zero-order valence-corrected chi connectivity index (χ0v) is 16.1. The fraction of sp³-hybridized carbons (Fsp3) is 0.529. The van der Waals surface area contributed by atoms with Gasteiger partial charge in [-0.25, -0.2) is 17.2 Å². The molecule has 2 heterocycles. The molecule has 0 bridgehead atoms. The van der Waals surface area contributed by atoms with E-state index in [2.05, 4.69) is 4.99 Å². The molecule has 2 aliphatic heterocycles. The third-order valence-electron chi connectivity index (χ3n) is 4.78. The summed E-state index contributed by atoms with van der Waals surface area (Å²) in [6.45, 7) is 3.79. The van der Waals surface area contributed by atoms with E-state index in [1.54, 1.807) is 0 Å². The van der Waals surface area contributed by atoms with Gasteiger partial charge in [0.25, 0.3) is 5.91 Å². The zero-order chi connectivity index (χ0) is 19.1. The summed E-state index contributed by atoms with van der Waals surface area (Å²) in [5.41, 5.74) is 0.0413. The van der Waals surface area contributed by atoms with Gasteiger partial charge in [0.1, 0.15) is 11.6 Å². The third-order valence-corrected chi connectivity index (χ3v) is 7.99. The maximum absolute atomic E-state index is 14.4. The molecule has 0 unspecified atom stereocenters. The summed E-state index contributed by atoms with van der Waals surface area (Å²) in [7, 11) is -3.24. The van der Waals surface area contributed by atoms with Gasteiger partial charge in [-0.15, -0.1) is 0 Å². The Bertz CT molecular complexity index is 854. The number of hydrogen-bond acceptors (Lipinski definition) is 4. The van der Waals surface area contributed by atoms with Crippen LogP contribution < -0.4 is 4.90 Å². The average Bonchev–Trinajstić information content (AvgIpc) is 3.00. The Morgan fingerprint density at radius 3 is 2.62 bits per heavy atom. The first-order valence-corrected chi connectivity index (χ1v) is 11.2. The molecule has 0 N–H and O–H groups in total. The van der Waals surface area contributed by atoms with E-state index >= 15 is 0 Å². The Morgan fingerprint density at radius 2 is 2.00 bits per heavy atom. The first kappa shape index (κ1) is 19.3. The number of hydrogen-bond donors (Lipinski definition) is 0. The molecule has 1 aromatic carbocycles. The topological polar surface area (TPSA) is 66.8 Å². The van der Waals surface area contributed by atoms with Crippen LogP contribution in [0.5, 0.6) is 0 Å². The summed E-state index contributed by atoms with van der Waals surface area (Å²) >= 11 is 1.18. The number of anilines is 1. The van der Waals surface area contributed by atoms with Crippen molar-refractivity contribution in [1.82, 2.24) is 0 Å². The lowest BCUT2D eigenvalue weighted by molar-refractivity contribution is -0.121. The Hall–Kier alpha value is -1.48. The van der Waals surface area contributed by atoms with E-state index in [1.165, 1.54) is 22.7 Å². The number of halogens is 2. The molecule has 1 aromatic rings. The van der Waals surface area contributed by atoms with Crippen molar-refractivity contribution in [1.29, 1.82) is 0 Å². The smallest absolute Gasteiger partial charge is 0.251 e. The largest absolute Gasteiger partial charge is 0.313 e. The van der Waals surface area contributed by atoms with Crippen molar-refractivity contribution in [2.75, 3.05) is 16.4 Å². The summed E-state index contributed by atoms with van der Waals surface area (Å²) in [5.74, 6) is -2.24. The minimum Gasteiger partial charge on any atom is -0.313 e. The van der Waals surface area contributed by atoms with Gasteiger partial charge < -0.3 is 4.90 Å². The number of carbonyl (C=O) groups excluding carboxylic acids is 1. The molecule has 2 atom stereocenters. The zero-order valence-electron chi connectivity index (χ0n) is 14.5. The number of nitrogens with zero attached hydrogens (tertiary/aromatic N) is 2. The molecule has 0 radical (unpaired) electrons. The molecule has 0 saturated carbocycles. The summed E-state index contributed by atoms with van der Waals surface area (Å²) in [4.78, 5) is 18.1. The number of thioether (sulfide) groups is 1. The number of fused-ring (bicyclic) bond motifs is 1. The molecule has 1 amide bonds. The quantitative estimate of drug-likeness (QED) is 0.775. The first-order chi connectivity index (χ1) is 12.3. The van der Waals surface area contributed by atoms with Crippen molar-refractivity contribution >= 4 is 38.4 Å². The molecular weight excluding hydrogens is 382 g/mol. The monoisotopic (exact) mass is 402 g/mol. The number of amidine groups is 1. The summed E-state index contributed by atoms with van der Waals surface area (Å²) in [5, 5.41) is -0.0324. The van der Waals surface area contributed by atoms with Gasteiger partial charge in [0, 0.05) is 17.2 Å². The van der Waals surface area contributed by atoms with Crippen LogP contribution in [0.2, 0.25) is 0 Å². The van der Waals surface area contributed by atoms with Crippen LogP contribution in [0.25, 0.3) is 0 Å². The van der Waals surface area contributed by atoms with Gasteiger partial charge in [-0.2, -0.15) is 4.99 Å². The van der Waals surface area contributed by atoms with Crippen LogP contribution in [0.3, 0.4) is 0 Å². The SMILES string of the molecule is CCC(CC)C(=O)N=C1S[C@@H]2CS(=O)(=O)C[C@@H]2N1c1ccc(F)cc1F. The van der Waals surface area contributed by atoms with E-state index in [1.807, 2.05) is 13.8 Å². The van der Waals surface area contributed by atoms with Gasteiger partial charge in [0.05, 0.1) is 23.2 Å². The minimum absolute atomic E-state index is 0.0413. The Kier molecular flexibility index (Phi) is 5.39. The molecule has 5 nitrogen and oxygen atoms in total. The van der Waals surface area contributed by atoms with E-state index in [-0.39, 0.29) is 39.4 Å². The standard InChI is InChI=1S/C17H20F2N2O3S2/c1-3-10(4-2)16(22)20-17-21(13-6-5-11(18)7-12(13)19)14-8-26(23,24)9-15(14)25-17/h5-7,10,14-15H,3-4,8-9H2,1-2H3/t14-,15+/m0/s1. The van der Waals surface area contributed by atoms with Crippen molar-refractivity contribution in [2.24, 2.45) is 10.9 Å². The van der Waals surface area contributed by atoms with Crippen LogP contribution in [0.1, 0.15) is 26.7 Å². The van der Waals surface area contributed by atoms with E-state index < -0.39 is 27.5 Å². The summed E-state index contributed by atoms with van der Waals surface area (Å²) < 4.78 is 51.6. The van der Waals surface area contributed by atoms with E-state index in [0.717, 1.165) is 12.1 Å². The van der Waals surface area contributed by atoms with Gasteiger partial charge in [-0.05, 0) is 25.0 Å². The molecule has 2 aliphatic rings. The fourth-order valence-corrected chi connectivity index (χ4v) is 7.26. The molecular formula is C17H20F2N2O3S2. The predicted molar refractivity (Wildman–Crippen MR) is 99.2 cm³/mol. The van der Waals surface area contributed by atoms with Crippen molar-refractivity contribution in [2.45, 2.75) is 38.0 Å². The highest BCUT2D eigenvalue weighted by Crippen LogP contribution is 2.42. The van der Waals surface area contributed by atoms with Crippen LogP contribution in [0.15, 0.2) is 23.2 Å². The van der Waals surface area contributed by atoms with E-state index in [4.69, 9.17) is 0 Å². The number of rotatable bonds is 4. The Morgan fingerprint density at radius 1 is 1.31 bits per heavy atom.